The van der Waals surface area contributed by atoms with Crippen LogP contribution in [-0.2, 0) is 25.6 Å². The summed E-state index contributed by atoms with van der Waals surface area (Å²) in [6.45, 7) is 3.97. The summed E-state index contributed by atoms with van der Waals surface area (Å²) >= 11 is 0. The minimum absolute atomic E-state index is 0.102. The molecule has 0 spiro atoms. The first-order valence-corrected chi connectivity index (χ1v) is 11.2. The van der Waals surface area contributed by atoms with Gasteiger partial charge in [0.15, 0.2) is 0 Å². The van der Waals surface area contributed by atoms with Crippen molar-refractivity contribution in [3.05, 3.63) is 35.9 Å². The highest BCUT2D eigenvalue weighted by Gasteiger charge is 2.29. The Morgan fingerprint density at radius 2 is 1.48 bits per heavy atom. The molecule has 0 aromatic heterocycles. The van der Waals surface area contributed by atoms with Crippen molar-refractivity contribution in [1.29, 1.82) is 0 Å². The Bertz CT molecular complexity index is 772. The van der Waals surface area contributed by atoms with E-state index in [-0.39, 0.29) is 25.3 Å². The number of nitrogens with one attached hydrogen (secondary N) is 3. The molecule has 33 heavy (non-hydrogen) atoms. The Balaban J connectivity index is 2.95. The molecule has 0 aliphatic carbocycles. The fourth-order valence-corrected chi connectivity index (χ4v) is 3.31. The van der Waals surface area contributed by atoms with Crippen LogP contribution < -0.4 is 27.4 Å². The second kappa shape index (κ2) is 15.0. The molecule has 10 nitrogen and oxygen atoms in total. The highest BCUT2D eigenvalue weighted by Crippen LogP contribution is 2.09. The van der Waals surface area contributed by atoms with Gasteiger partial charge in [0.1, 0.15) is 18.1 Å². The second-order valence-electron chi connectivity index (χ2n) is 8.39. The van der Waals surface area contributed by atoms with E-state index in [0.717, 1.165) is 5.56 Å². The summed E-state index contributed by atoms with van der Waals surface area (Å²) in [4.78, 5) is 49.4. The summed E-state index contributed by atoms with van der Waals surface area (Å²) in [5.74, 6) is -2.67. The van der Waals surface area contributed by atoms with E-state index >= 15 is 0 Å². The van der Waals surface area contributed by atoms with Crippen LogP contribution in [0.3, 0.4) is 0 Å². The van der Waals surface area contributed by atoms with Gasteiger partial charge in [0.25, 0.3) is 0 Å². The van der Waals surface area contributed by atoms with Crippen LogP contribution >= 0.6 is 0 Å². The van der Waals surface area contributed by atoms with Crippen LogP contribution in [0.5, 0.6) is 0 Å². The van der Waals surface area contributed by atoms with Crippen molar-refractivity contribution in [1.82, 2.24) is 16.0 Å². The Morgan fingerprint density at radius 1 is 0.879 bits per heavy atom. The number of nitrogens with two attached hydrogens (primary N) is 2. The van der Waals surface area contributed by atoms with Crippen LogP contribution in [0, 0.1) is 5.92 Å². The molecule has 10 heteroatoms. The van der Waals surface area contributed by atoms with E-state index in [1.807, 2.05) is 19.9 Å². The fraction of sp³-hybridized carbons (Fsp3) is 0.565. The summed E-state index contributed by atoms with van der Waals surface area (Å²) in [7, 11) is 0. The second-order valence-corrected chi connectivity index (χ2v) is 8.39. The minimum atomic E-state index is -1.17. The zero-order valence-corrected chi connectivity index (χ0v) is 19.4. The van der Waals surface area contributed by atoms with Crippen molar-refractivity contribution >= 4 is 23.7 Å². The van der Waals surface area contributed by atoms with E-state index in [4.69, 9.17) is 11.5 Å². The first-order chi connectivity index (χ1) is 15.7. The molecule has 0 aliphatic heterocycles. The lowest BCUT2D eigenvalue weighted by Gasteiger charge is -2.25. The monoisotopic (exact) mass is 463 g/mol. The SMILES string of the molecule is CC(C)CC(NC(=O)CN)C(=O)NC(CCCCN)C(=O)NC(Cc1ccccc1)C(=O)O. The lowest BCUT2D eigenvalue weighted by molar-refractivity contribution is -0.142. The zero-order chi connectivity index (χ0) is 24.8. The maximum absolute atomic E-state index is 13.0. The predicted octanol–water partition coefficient (Wildman–Crippen LogP) is -0.0981. The summed E-state index contributed by atoms with van der Waals surface area (Å²) in [5, 5.41) is 17.4. The molecule has 3 unspecified atom stereocenters. The average Bonchev–Trinajstić information content (AvgIpc) is 2.77. The molecular weight excluding hydrogens is 426 g/mol. The van der Waals surface area contributed by atoms with Crippen molar-refractivity contribution in [2.45, 2.75) is 64.1 Å². The number of carbonyl (C=O) groups is 4. The van der Waals surface area contributed by atoms with Gasteiger partial charge in [-0.25, -0.2) is 4.79 Å². The van der Waals surface area contributed by atoms with Crippen molar-refractivity contribution in [2.75, 3.05) is 13.1 Å². The number of carbonyl (C=O) groups excluding carboxylic acids is 3. The number of hydrogen-bond acceptors (Lipinski definition) is 6. The molecule has 3 amide bonds. The van der Waals surface area contributed by atoms with E-state index in [0.29, 0.717) is 25.8 Å². The predicted molar refractivity (Wildman–Crippen MR) is 125 cm³/mol. The van der Waals surface area contributed by atoms with E-state index in [9.17, 15) is 24.3 Å². The molecule has 0 saturated carbocycles. The third-order valence-electron chi connectivity index (χ3n) is 5.02. The molecule has 1 aromatic rings. The molecule has 0 saturated heterocycles. The molecule has 3 atom stereocenters. The Hall–Kier alpha value is -2.98. The molecule has 184 valence electrons. The first-order valence-electron chi connectivity index (χ1n) is 11.2. The van der Waals surface area contributed by atoms with E-state index < -0.39 is 41.8 Å². The van der Waals surface area contributed by atoms with Gasteiger partial charge in [0.2, 0.25) is 17.7 Å². The van der Waals surface area contributed by atoms with Crippen LogP contribution in [0.2, 0.25) is 0 Å². The standard InChI is InChI=1S/C23H37N5O5/c1-15(2)12-18(26-20(29)14-25)22(31)27-17(10-6-7-11-24)21(30)28-19(23(32)33)13-16-8-4-3-5-9-16/h3-5,8-9,15,17-19H,6-7,10-14,24-25H2,1-2H3,(H,26,29)(H,27,31)(H,28,30)(H,32,33). The van der Waals surface area contributed by atoms with Gasteiger partial charge in [-0.3, -0.25) is 14.4 Å². The topological polar surface area (TPSA) is 177 Å². The molecule has 0 aliphatic rings. The van der Waals surface area contributed by atoms with Crippen molar-refractivity contribution in [2.24, 2.45) is 17.4 Å². The quantitative estimate of drug-likeness (QED) is 0.197. The number of benzene rings is 1. The van der Waals surface area contributed by atoms with Gasteiger partial charge >= 0.3 is 5.97 Å². The summed E-state index contributed by atoms with van der Waals surface area (Å²) < 4.78 is 0. The maximum atomic E-state index is 13.0. The van der Waals surface area contributed by atoms with Crippen LogP contribution in [0.25, 0.3) is 0 Å². The maximum Gasteiger partial charge on any atom is 0.326 e. The Labute approximate surface area is 194 Å². The summed E-state index contributed by atoms with van der Waals surface area (Å²) in [6, 6.07) is 5.97. The lowest BCUT2D eigenvalue weighted by Crippen LogP contribution is -2.56. The van der Waals surface area contributed by atoms with Gasteiger partial charge < -0.3 is 32.5 Å². The summed E-state index contributed by atoms with van der Waals surface area (Å²) in [6.07, 6.45) is 1.96. The molecule has 0 heterocycles. The van der Waals surface area contributed by atoms with Crippen molar-refractivity contribution in [3.8, 4) is 0 Å². The lowest BCUT2D eigenvalue weighted by atomic mass is 10.0. The van der Waals surface area contributed by atoms with Crippen molar-refractivity contribution < 1.29 is 24.3 Å². The van der Waals surface area contributed by atoms with Crippen LogP contribution in [0.15, 0.2) is 30.3 Å². The number of unbranched alkanes of at least 4 members (excludes halogenated alkanes) is 1. The molecule has 0 radical (unpaired) electrons. The molecule has 8 N–H and O–H groups in total. The Kier molecular flexibility index (Phi) is 12.7. The molecular formula is C23H37N5O5. The molecule has 0 bridgehead atoms. The van der Waals surface area contributed by atoms with Gasteiger partial charge in [-0.1, -0.05) is 44.2 Å². The number of carboxylic acids is 1. The average molecular weight is 464 g/mol. The number of rotatable bonds is 15. The Morgan fingerprint density at radius 3 is 2.03 bits per heavy atom. The van der Waals surface area contributed by atoms with Gasteiger partial charge in [-0.05, 0) is 43.7 Å². The highest BCUT2D eigenvalue weighted by atomic mass is 16.4. The molecule has 1 rings (SSSR count). The van der Waals surface area contributed by atoms with E-state index in [1.54, 1.807) is 24.3 Å². The number of amides is 3. The van der Waals surface area contributed by atoms with E-state index in [1.165, 1.54) is 0 Å². The molecule has 0 fully saturated rings. The van der Waals surface area contributed by atoms with Gasteiger partial charge in [-0.2, -0.15) is 0 Å². The number of aliphatic carboxylic acids is 1. The van der Waals surface area contributed by atoms with Gasteiger partial charge in [0, 0.05) is 6.42 Å². The largest absolute Gasteiger partial charge is 0.480 e. The number of carboxylic acid groups (broad SMARTS) is 1. The first kappa shape index (κ1) is 28.1. The highest BCUT2D eigenvalue weighted by molar-refractivity contribution is 5.93. The summed E-state index contributed by atoms with van der Waals surface area (Å²) in [5.41, 5.74) is 11.7. The normalized spacial score (nSPS) is 13.6. The van der Waals surface area contributed by atoms with Crippen molar-refractivity contribution in [3.63, 3.8) is 0 Å². The number of hydrogen-bond donors (Lipinski definition) is 6. The van der Waals surface area contributed by atoms with Gasteiger partial charge in [-0.15, -0.1) is 0 Å². The smallest absolute Gasteiger partial charge is 0.326 e. The van der Waals surface area contributed by atoms with Crippen LogP contribution in [0.4, 0.5) is 0 Å². The third kappa shape index (κ3) is 10.9. The van der Waals surface area contributed by atoms with Gasteiger partial charge in [0.05, 0.1) is 6.54 Å². The molecule has 1 aromatic carbocycles. The van der Waals surface area contributed by atoms with Crippen LogP contribution in [-0.4, -0.2) is 60.0 Å². The fourth-order valence-electron chi connectivity index (χ4n) is 3.31. The third-order valence-corrected chi connectivity index (χ3v) is 5.02. The minimum Gasteiger partial charge on any atom is -0.480 e. The van der Waals surface area contributed by atoms with Crippen LogP contribution in [0.1, 0.15) is 45.1 Å². The van der Waals surface area contributed by atoms with E-state index in [2.05, 4.69) is 16.0 Å². The zero-order valence-electron chi connectivity index (χ0n) is 19.4.